The van der Waals surface area contributed by atoms with Crippen LogP contribution < -0.4 is 10.1 Å². The van der Waals surface area contributed by atoms with Crippen LogP contribution in [0, 0.1) is 6.92 Å². The second-order valence-electron chi connectivity index (χ2n) is 4.96. The van der Waals surface area contributed by atoms with Gasteiger partial charge in [-0.15, -0.1) is 11.3 Å². The van der Waals surface area contributed by atoms with Crippen LogP contribution in [0.2, 0.25) is 0 Å². The van der Waals surface area contributed by atoms with Gasteiger partial charge in [0.15, 0.2) is 6.10 Å². The Labute approximate surface area is 121 Å². The fourth-order valence-corrected chi connectivity index (χ4v) is 3.52. The van der Waals surface area contributed by atoms with Gasteiger partial charge in [0.05, 0.1) is 22.4 Å². The van der Waals surface area contributed by atoms with Gasteiger partial charge in [0.1, 0.15) is 10.8 Å². The van der Waals surface area contributed by atoms with E-state index in [0.29, 0.717) is 0 Å². The van der Waals surface area contributed by atoms with Crippen molar-refractivity contribution in [3.8, 4) is 5.75 Å². The lowest BCUT2D eigenvalue weighted by atomic mass is 10.1. The average Bonchev–Trinajstić information content (AvgIpc) is 2.91. The van der Waals surface area contributed by atoms with Crippen molar-refractivity contribution in [1.29, 1.82) is 0 Å². The Kier molecular flexibility index (Phi) is 2.63. The predicted molar refractivity (Wildman–Crippen MR) is 82.7 cm³/mol. The van der Waals surface area contributed by atoms with Gasteiger partial charge in [-0.3, -0.25) is 0 Å². The van der Waals surface area contributed by atoms with Crippen molar-refractivity contribution in [1.82, 2.24) is 4.98 Å². The number of fused-ring (bicyclic) bond motifs is 2. The van der Waals surface area contributed by atoms with E-state index in [1.54, 1.807) is 11.3 Å². The molecule has 2 heterocycles. The van der Waals surface area contributed by atoms with Crippen LogP contribution in [0.25, 0.3) is 10.2 Å². The van der Waals surface area contributed by atoms with Gasteiger partial charge in [-0.2, -0.15) is 0 Å². The first kappa shape index (κ1) is 11.7. The maximum Gasteiger partial charge on any atom is 0.167 e. The van der Waals surface area contributed by atoms with Crippen LogP contribution >= 0.6 is 11.3 Å². The third-order valence-corrected chi connectivity index (χ3v) is 4.68. The van der Waals surface area contributed by atoms with Crippen molar-refractivity contribution in [2.24, 2.45) is 0 Å². The summed E-state index contributed by atoms with van der Waals surface area (Å²) in [4.78, 5) is 4.69. The van der Waals surface area contributed by atoms with Gasteiger partial charge >= 0.3 is 0 Å². The van der Waals surface area contributed by atoms with Crippen molar-refractivity contribution < 1.29 is 4.74 Å². The molecular formula is C16H14N2OS. The van der Waals surface area contributed by atoms with E-state index in [2.05, 4.69) is 29.4 Å². The number of hydrogen-bond acceptors (Lipinski definition) is 4. The summed E-state index contributed by atoms with van der Waals surface area (Å²) in [5.41, 5.74) is 3.36. The van der Waals surface area contributed by atoms with E-state index < -0.39 is 0 Å². The maximum atomic E-state index is 6.11. The van der Waals surface area contributed by atoms with Crippen molar-refractivity contribution in [3.05, 3.63) is 53.0 Å². The summed E-state index contributed by atoms with van der Waals surface area (Å²) in [6.07, 6.45) is -0.0123. The Morgan fingerprint density at radius 1 is 1.20 bits per heavy atom. The lowest BCUT2D eigenvalue weighted by Crippen LogP contribution is -2.23. The van der Waals surface area contributed by atoms with E-state index in [1.165, 1.54) is 10.3 Å². The van der Waals surface area contributed by atoms with E-state index in [-0.39, 0.29) is 6.10 Å². The van der Waals surface area contributed by atoms with Crippen LogP contribution in [0.3, 0.4) is 0 Å². The van der Waals surface area contributed by atoms with E-state index in [9.17, 15) is 0 Å². The van der Waals surface area contributed by atoms with E-state index in [1.807, 2.05) is 30.3 Å². The molecule has 1 unspecified atom stereocenters. The highest BCUT2D eigenvalue weighted by atomic mass is 32.1. The molecule has 1 N–H and O–H groups in total. The molecule has 0 saturated carbocycles. The van der Waals surface area contributed by atoms with Gasteiger partial charge in [0.25, 0.3) is 0 Å². The van der Waals surface area contributed by atoms with Crippen molar-refractivity contribution in [2.45, 2.75) is 13.0 Å². The zero-order chi connectivity index (χ0) is 13.5. The monoisotopic (exact) mass is 282 g/mol. The molecule has 0 radical (unpaired) electrons. The lowest BCUT2D eigenvalue weighted by Gasteiger charge is -2.27. The van der Waals surface area contributed by atoms with Crippen LogP contribution in [0.1, 0.15) is 16.7 Å². The standard InChI is InChI=1S/C16H14N2OS/c1-10-5-4-7-12-15(10)17-9-13(19-12)16-18-11-6-2-3-8-14(11)20-16/h2-8,13,17H,9H2,1H3. The molecule has 100 valence electrons. The average molecular weight is 282 g/mol. The Hall–Kier alpha value is -2.07. The van der Waals surface area contributed by atoms with Gasteiger partial charge in [0, 0.05) is 0 Å². The third kappa shape index (κ3) is 1.84. The summed E-state index contributed by atoms with van der Waals surface area (Å²) in [5, 5.41) is 4.50. The number of thiazole rings is 1. The molecule has 0 spiro atoms. The van der Waals surface area contributed by atoms with Crippen LogP contribution in [0.15, 0.2) is 42.5 Å². The molecule has 3 nitrogen and oxygen atoms in total. The minimum Gasteiger partial charge on any atom is -0.479 e. The molecule has 4 rings (SSSR count). The molecule has 20 heavy (non-hydrogen) atoms. The SMILES string of the molecule is Cc1cccc2c1NCC(c1nc3ccccc3s1)O2. The Morgan fingerprint density at radius 3 is 3.00 bits per heavy atom. The predicted octanol–water partition coefficient (Wildman–Crippen LogP) is 4.15. The molecule has 1 aromatic heterocycles. The first-order valence-electron chi connectivity index (χ1n) is 6.67. The number of benzene rings is 2. The van der Waals surface area contributed by atoms with Crippen LogP contribution in [-0.2, 0) is 0 Å². The van der Waals surface area contributed by atoms with E-state index >= 15 is 0 Å². The van der Waals surface area contributed by atoms with Crippen molar-refractivity contribution >= 4 is 27.2 Å². The summed E-state index contributed by atoms with van der Waals surface area (Å²) in [7, 11) is 0. The quantitative estimate of drug-likeness (QED) is 0.728. The summed E-state index contributed by atoms with van der Waals surface area (Å²) < 4.78 is 7.32. The van der Waals surface area contributed by atoms with Gasteiger partial charge in [0.2, 0.25) is 0 Å². The normalized spacial score (nSPS) is 17.4. The molecule has 4 heteroatoms. The number of nitrogens with zero attached hydrogens (tertiary/aromatic N) is 1. The second-order valence-corrected chi connectivity index (χ2v) is 6.02. The largest absolute Gasteiger partial charge is 0.479 e. The molecule has 2 aromatic carbocycles. The Balaban J connectivity index is 1.71. The first-order chi connectivity index (χ1) is 9.81. The smallest absolute Gasteiger partial charge is 0.167 e. The first-order valence-corrected chi connectivity index (χ1v) is 7.48. The molecule has 0 fully saturated rings. The number of para-hydroxylation sites is 2. The molecule has 0 aliphatic carbocycles. The second kappa shape index (κ2) is 4.49. The summed E-state index contributed by atoms with van der Waals surface area (Å²) in [6, 6.07) is 14.3. The number of anilines is 1. The zero-order valence-electron chi connectivity index (χ0n) is 11.1. The molecule has 3 aromatic rings. The number of nitrogens with one attached hydrogen (secondary N) is 1. The maximum absolute atomic E-state index is 6.11. The minimum absolute atomic E-state index is 0.0123. The molecule has 1 atom stereocenters. The van der Waals surface area contributed by atoms with Crippen molar-refractivity contribution in [2.75, 3.05) is 11.9 Å². The minimum atomic E-state index is -0.0123. The Morgan fingerprint density at radius 2 is 2.10 bits per heavy atom. The summed E-state index contributed by atoms with van der Waals surface area (Å²) in [6.45, 7) is 2.85. The fourth-order valence-electron chi connectivity index (χ4n) is 2.52. The highest BCUT2D eigenvalue weighted by Crippen LogP contribution is 2.38. The van der Waals surface area contributed by atoms with Crippen LogP contribution in [0.5, 0.6) is 5.75 Å². The fraction of sp³-hybridized carbons (Fsp3) is 0.188. The van der Waals surface area contributed by atoms with Crippen molar-refractivity contribution in [3.63, 3.8) is 0 Å². The highest BCUT2D eigenvalue weighted by Gasteiger charge is 2.24. The van der Waals surface area contributed by atoms with Gasteiger partial charge in [-0.25, -0.2) is 4.98 Å². The van der Waals surface area contributed by atoms with E-state index in [0.717, 1.165) is 28.5 Å². The molecule has 1 aliphatic heterocycles. The number of aryl methyl sites for hydroxylation is 1. The molecule has 1 aliphatic rings. The van der Waals surface area contributed by atoms with E-state index in [4.69, 9.17) is 4.74 Å². The topological polar surface area (TPSA) is 34.2 Å². The highest BCUT2D eigenvalue weighted by molar-refractivity contribution is 7.18. The van der Waals surface area contributed by atoms with Gasteiger partial charge in [-0.05, 0) is 30.7 Å². The molecular weight excluding hydrogens is 268 g/mol. The number of hydrogen-bond donors (Lipinski definition) is 1. The molecule has 0 bridgehead atoms. The number of ether oxygens (including phenoxy) is 1. The van der Waals surface area contributed by atoms with Gasteiger partial charge < -0.3 is 10.1 Å². The number of rotatable bonds is 1. The van der Waals surface area contributed by atoms with Gasteiger partial charge in [-0.1, -0.05) is 24.3 Å². The zero-order valence-corrected chi connectivity index (χ0v) is 11.9. The summed E-state index contributed by atoms with van der Waals surface area (Å²) in [5.74, 6) is 0.917. The Bertz CT molecular complexity index is 748. The van der Waals surface area contributed by atoms with Crippen LogP contribution in [-0.4, -0.2) is 11.5 Å². The molecule has 0 amide bonds. The summed E-state index contributed by atoms with van der Waals surface area (Å²) >= 11 is 1.71. The number of aromatic nitrogens is 1. The lowest BCUT2D eigenvalue weighted by molar-refractivity contribution is 0.210. The molecule has 0 saturated heterocycles. The van der Waals surface area contributed by atoms with Crippen LogP contribution in [0.4, 0.5) is 5.69 Å². The third-order valence-electron chi connectivity index (χ3n) is 3.55.